The highest BCUT2D eigenvalue weighted by atomic mass is 16.1. The number of fused-ring (bicyclic) bond motifs is 1. The quantitative estimate of drug-likeness (QED) is 0.504. The van der Waals surface area contributed by atoms with Crippen molar-refractivity contribution in [3.63, 3.8) is 0 Å². The SMILES string of the molecule is C=c1c(=O)c(C)c2n(c1=C)CC2. The van der Waals surface area contributed by atoms with Crippen LogP contribution in [0.5, 0.6) is 0 Å². The molecule has 1 aliphatic heterocycles. The molecule has 0 unspecified atom stereocenters. The van der Waals surface area contributed by atoms with E-state index >= 15 is 0 Å². The molecule has 0 saturated heterocycles. The smallest absolute Gasteiger partial charge is 0.191 e. The van der Waals surface area contributed by atoms with Gasteiger partial charge in [0.15, 0.2) is 5.43 Å². The summed E-state index contributed by atoms with van der Waals surface area (Å²) >= 11 is 0. The molecule has 1 aliphatic rings. The number of nitrogens with zero attached hydrogens (tertiary/aromatic N) is 1. The number of hydrogen-bond donors (Lipinski definition) is 0. The predicted octanol–water partition coefficient (Wildman–Crippen LogP) is -0.467. The summed E-state index contributed by atoms with van der Waals surface area (Å²) in [6.07, 6.45) is 1.00. The van der Waals surface area contributed by atoms with Crippen LogP contribution in [0.1, 0.15) is 11.3 Å². The van der Waals surface area contributed by atoms with Crippen LogP contribution >= 0.6 is 0 Å². The van der Waals surface area contributed by atoms with Crippen molar-refractivity contribution < 1.29 is 0 Å². The predicted molar refractivity (Wildman–Crippen MR) is 49.4 cm³/mol. The lowest BCUT2D eigenvalue weighted by atomic mass is 10.0. The van der Waals surface area contributed by atoms with Gasteiger partial charge in [-0.2, -0.15) is 0 Å². The van der Waals surface area contributed by atoms with Gasteiger partial charge < -0.3 is 4.57 Å². The number of hydrogen-bond acceptors (Lipinski definition) is 1. The Bertz CT molecular complexity index is 462. The fourth-order valence-electron chi connectivity index (χ4n) is 1.67. The van der Waals surface area contributed by atoms with Crippen molar-refractivity contribution in [3.05, 3.63) is 32.0 Å². The first-order valence-electron chi connectivity index (χ1n) is 4.03. The van der Waals surface area contributed by atoms with Crippen molar-refractivity contribution in [1.82, 2.24) is 4.57 Å². The van der Waals surface area contributed by atoms with Gasteiger partial charge in [0.2, 0.25) is 0 Å². The van der Waals surface area contributed by atoms with Crippen molar-refractivity contribution in [2.75, 3.05) is 0 Å². The maximum Gasteiger partial charge on any atom is 0.191 e. The molecule has 2 rings (SSSR count). The summed E-state index contributed by atoms with van der Waals surface area (Å²) in [5.41, 5.74) is 2.04. The molecular formula is C10H11NO. The zero-order valence-corrected chi connectivity index (χ0v) is 7.18. The second-order valence-corrected chi connectivity index (χ2v) is 3.23. The first-order valence-corrected chi connectivity index (χ1v) is 4.03. The Morgan fingerprint density at radius 2 is 2.08 bits per heavy atom. The van der Waals surface area contributed by atoms with Crippen LogP contribution in [-0.2, 0) is 13.0 Å². The fraction of sp³-hybridized carbons (Fsp3) is 0.300. The van der Waals surface area contributed by atoms with Gasteiger partial charge in [-0.25, -0.2) is 0 Å². The lowest BCUT2D eigenvalue weighted by Gasteiger charge is -2.25. The Labute approximate surface area is 70.5 Å². The first kappa shape index (κ1) is 7.35. The topological polar surface area (TPSA) is 22.0 Å². The summed E-state index contributed by atoms with van der Waals surface area (Å²) in [6, 6.07) is 0. The Morgan fingerprint density at radius 3 is 2.58 bits per heavy atom. The normalized spacial score (nSPS) is 13.8. The average molecular weight is 161 g/mol. The lowest BCUT2D eigenvalue weighted by molar-refractivity contribution is 0.519. The molecule has 2 heterocycles. The van der Waals surface area contributed by atoms with Gasteiger partial charge in [-0.15, -0.1) is 0 Å². The van der Waals surface area contributed by atoms with Gasteiger partial charge in [-0.3, -0.25) is 4.79 Å². The van der Waals surface area contributed by atoms with Crippen LogP contribution in [-0.4, -0.2) is 4.57 Å². The minimum atomic E-state index is 0.0611. The van der Waals surface area contributed by atoms with E-state index in [1.165, 1.54) is 0 Å². The van der Waals surface area contributed by atoms with Gasteiger partial charge in [-0.1, -0.05) is 13.2 Å². The number of pyridine rings is 1. The monoisotopic (exact) mass is 161 g/mol. The highest BCUT2D eigenvalue weighted by molar-refractivity contribution is 5.28. The highest BCUT2D eigenvalue weighted by Crippen LogP contribution is 2.10. The van der Waals surface area contributed by atoms with Crippen LogP contribution in [0.15, 0.2) is 4.79 Å². The Balaban J connectivity index is 3.08. The largest absolute Gasteiger partial charge is 0.344 e. The van der Waals surface area contributed by atoms with Crippen LogP contribution in [0.25, 0.3) is 13.2 Å². The van der Waals surface area contributed by atoms with E-state index in [9.17, 15) is 4.79 Å². The second-order valence-electron chi connectivity index (χ2n) is 3.23. The third-order valence-corrected chi connectivity index (χ3v) is 2.62. The van der Waals surface area contributed by atoms with Gasteiger partial charge in [0, 0.05) is 34.8 Å². The Kier molecular flexibility index (Phi) is 1.28. The van der Waals surface area contributed by atoms with E-state index in [-0.39, 0.29) is 5.43 Å². The van der Waals surface area contributed by atoms with Crippen molar-refractivity contribution in [2.24, 2.45) is 0 Å². The molecule has 2 heteroatoms. The minimum absolute atomic E-state index is 0.0611. The molecule has 0 amide bonds. The lowest BCUT2D eigenvalue weighted by Crippen LogP contribution is -2.50. The van der Waals surface area contributed by atoms with Crippen LogP contribution < -0.4 is 16.0 Å². The van der Waals surface area contributed by atoms with Gasteiger partial charge in [-0.05, 0) is 6.92 Å². The molecule has 0 bridgehead atoms. The van der Waals surface area contributed by atoms with Gasteiger partial charge >= 0.3 is 0 Å². The summed E-state index contributed by atoms with van der Waals surface area (Å²) in [5, 5.41) is 1.34. The zero-order valence-electron chi connectivity index (χ0n) is 7.18. The minimum Gasteiger partial charge on any atom is -0.344 e. The molecule has 0 aliphatic carbocycles. The average Bonchev–Trinajstić information content (AvgIpc) is 1.97. The summed E-state index contributed by atoms with van der Waals surface area (Å²) in [7, 11) is 0. The summed E-state index contributed by atoms with van der Waals surface area (Å²) in [4.78, 5) is 11.5. The molecule has 1 aromatic heterocycles. The zero-order chi connectivity index (χ0) is 8.88. The van der Waals surface area contributed by atoms with Crippen LogP contribution in [0.3, 0.4) is 0 Å². The molecule has 0 saturated carbocycles. The molecular weight excluding hydrogens is 150 g/mol. The summed E-state index contributed by atoms with van der Waals surface area (Å²) < 4.78 is 2.07. The van der Waals surface area contributed by atoms with E-state index in [2.05, 4.69) is 17.7 Å². The van der Waals surface area contributed by atoms with E-state index in [1.54, 1.807) is 0 Å². The number of aromatic nitrogens is 1. The molecule has 0 fully saturated rings. The van der Waals surface area contributed by atoms with Crippen LogP contribution in [0.4, 0.5) is 0 Å². The third-order valence-electron chi connectivity index (χ3n) is 2.62. The van der Waals surface area contributed by atoms with Gasteiger partial charge in [0.1, 0.15) is 0 Å². The van der Waals surface area contributed by atoms with E-state index < -0.39 is 0 Å². The van der Waals surface area contributed by atoms with E-state index in [0.29, 0.717) is 5.22 Å². The molecule has 2 nitrogen and oxygen atoms in total. The highest BCUT2D eigenvalue weighted by Gasteiger charge is 2.16. The summed E-state index contributed by atoms with van der Waals surface area (Å²) in [6.45, 7) is 10.4. The Hall–Kier alpha value is -1.31. The van der Waals surface area contributed by atoms with Crippen molar-refractivity contribution in [2.45, 2.75) is 19.9 Å². The van der Waals surface area contributed by atoms with Crippen LogP contribution in [0.2, 0.25) is 0 Å². The molecule has 0 N–H and O–H groups in total. The van der Waals surface area contributed by atoms with Crippen molar-refractivity contribution >= 4 is 13.2 Å². The van der Waals surface area contributed by atoms with E-state index in [4.69, 9.17) is 0 Å². The van der Waals surface area contributed by atoms with Gasteiger partial charge in [0.05, 0.1) is 0 Å². The van der Waals surface area contributed by atoms with Gasteiger partial charge in [0.25, 0.3) is 0 Å². The summed E-state index contributed by atoms with van der Waals surface area (Å²) in [5.74, 6) is 0. The fourth-order valence-corrected chi connectivity index (χ4v) is 1.67. The van der Waals surface area contributed by atoms with E-state index in [1.807, 2.05) is 6.92 Å². The first-order chi connectivity index (χ1) is 5.63. The molecule has 62 valence electrons. The molecule has 12 heavy (non-hydrogen) atoms. The molecule has 0 spiro atoms. The Morgan fingerprint density at radius 1 is 1.42 bits per heavy atom. The molecule has 0 atom stereocenters. The second kappa shape index (κ2) is 2.09. The third kappa shape index (κ3) is 0.670. The molecule has 0 radical (unpaired) electrons. The van der Waals surface area contributed by atoms with Crippen molar-refractivity contribution in [1.29, 1.82) is 0 Å². The van der Waals surface area contributed by atoms with E-state index in [0.717, 1.165) is 29.6 Å². The molecule has 0 aromatic carbocycles. The maximum absolute atomic E-state index is 11.5. The molecule has 1 aromatic rings. The number of rotatable bonds is 0. The van der Waals surface area contributed by atoms with Crippen molar-refractivity contribution in [3.8, 4) is 0 Å². The maximum atomic E-state index is 11.5. The standard InChI is InChI=1S/C10H11NO/c1-6-8(3)11-5-4-9(11)7(2)10(6)12/h1,3-5H2,2H3. The van der Waals surface area contributed by atoms with Crippen LogP contribution in [0, 0.1) is 6.92 Å².